The van der Waals surface area contributed by atoms with Crippen molar-refractivity contribution in [3.8, 4) is 0 Å². The second-order valence-corrected chi connectivity index (χ2v) is 11.5. The molecule has 0 amide bonds. The molecule has 0 aliphatic heterocycles. The van der Waals surface area contributed by atoms with Gasteiger partial charge in [-0.2, -0.15) is 0 Å². The van der Waals surface area contributed by atoms with Crippen molar-refractivity contribution in [2.75, 3.05) is 0 Å². The van der Waals surface area contributed by atoms with Crippen LogP contribution >= 0.6 is 0 Å². The van der Waals surface area contributed by atoms with Crippen LogP contribution in [0.25, 0.3) is 0 Å². The zero-order valence-electron chi connectivity index (χ0n) is 20.2. The highest BCUT2D eigenvalue weighted by atomic mass is 16.5. The lowest BCUT2D eigenvalue weighted by atomic mass is 9.84. The summed E-state index contributed by atoms with van der Waals surface area (Å²) in [4.78, 5) is 0. The lowest BCUT2D eigenvalue weighted by Crippen LogP contribution is -2.41. The Labute approximate surface area is 165 Å². The Balaban J connectivity index is 4.89. The summed E-state index contributed by atoms with van der Waals surface area (Å²) >= 11 is 0. The van der Waals surface area contributed by atoms with E-state index in [1.807, 2.05) is 0 Å². The zero-order chi connectivity index (χ0) is 20.8. The molecule has 2 atom stereocenters. The molecular weight excluding hydrogens is 320 g/mol. The molecule has 0 aliphatic rings. The van der Waals surface area contributed by atoms with E-state index in [4.69, 9.17) is 9.47 Å². The molecule has 0 aromatic carbocycles. The number of hydrogen-bond acceptors (Lipinski definition) is 2. The van der Waals surface area contributed by atoms with Crippen molar-refractivity contribution in [2.45, 2.75) is 145 Å². The molecule has 0 rings (SSSR count). The molecule has 0 radical (unpaired) electrons. The van der Waals surface area contributed by atoms with Gasteiger partial charge in [0.1, 0.15) is 0 Å². The molecule has 2 unspecified atom stereocenters. The fourth-order valence-electron chi connectivity index (χ4n) is 3.35. The van der Waals surface area contributed by atoms with Crippen molar-refractivity contribution in [1.29, 1.82) is 0 Å². The van der Waals surface area contributed by atoms with E-state index in [1.54, 1.807) is 0 Å². The summed E-state index contributed by atoms with van der Waals surface area (Å²) in [5.74, 6) is 0. The maximum Gasteiger partial charge on any atom is 0.0631 e. The van der Waals surface area contributed by atoms with Crippen LogP contribution in [0, 0.1) is 10.8 Å². The Morgan fingerprint density at radius 3 is 1.00 bits per heavy atom. The first-order valence-corrected chi connectivity index (χ1v) is 10.9. The molecule has 0 aliphatic carbocycles. The minimum atomic E-state index is -0.129. The molecule has 0 heterocycles. The van der Waals surface area contributed by atoms with E-state index in [2.05, 4.69) is 83.1 Å². The minimum Gasteiger partial charge on any atom is -0.372 e. The Morgan fingerprint density at radius 1 is 0.538 bits per heavy atom. The van der Waals surface area contributed by atoms with E-state index < -0.39 is 0 Å². The maximum atomic E-state index is 6.60. The van der Waals surface area contributed by atoms with Crippen LogP contribution in [0.2, 0.25) is 0 Å². The number of ether oxygens (including phenoxy) is 2. The van der Waals surface area contributed by atoms with Gasteiger partial charge in [-0.15, -0.1) is 0 Å². The smallest absolute Gasteiger partial charge is 0.0631 e. The summed E-state index contributed by atoms with van der Waals surface area (Å²) in [6.07, 6.45) is 7.19. The minimum absolute atomic E-state index is 0.129. The molecule has 2 nitrogen and oxygen atoms in total. The normalized spacial score (nSPS) is 16.6. The van der Waals surface area contributed by atoms with Crippen molar-refractivity contribution in [2.24, 2.45) is 10.8 Å². The summed E-state index contributed by atoms with van der Waals surface area (Å²) in [5, 5.41) is 0. The van der Waals surface area contributed by atoms with Gasteiger partial charge in [0.05, 0.1) is 23.4 Å². The molecule has 0 spiro atoms. The van der Waals surface area contributed by atoms with Crippen LogP contribution in [0.15, 0.2) is 0 Å². The first-order chi connectivity index (χ1) is 11.5. The van der Waals surface area contributed by atoms with Crippen molar-refractivity contribution < 1.29 is 9.47 Å². The predicted molar refractivity (Wildman–Crippen MR) is 116 cm³/mol. The first kappa shape index (κ1) is 25.9. The number of rotatable bonds is 11. The average Bonchev–Trinajstić information content (AvgIpc) is 2.42. The van der Waals surface area contributed by atoms with Crippen molar-refractivity contribution >= 4 is 0 Å². The molecule has 26 heavy (non-hydrogen) atoms. The third-order valence-electron chi connectivity index (χ3n) is 5.29. The molecule has 158 valence electrons. The van der Waals surface area contributed by atoms with Gasteiger partial charge in [-0.25, -0.2) is 0 Å². The van der Waals surface area contributed by atoms with E-state index in [-0.39, 0.29) is 22.0 Å². The molecule has 0 aromatic rings. The monoisotopic (exact) mass is 370 g/mol. The van der Waals surface area contributed by atoms with Gasteiger partial charge in [0.25, 0.3) is 0 Å². The first-order valence-electron chi connectivity index (χ1n) is 10.9. The van der Waals surface area contributed by atoms with Crippen LogP contribution in [-0.4, -0.2) is 23.4 Å². The van der Waals surface area contributed by atoms with E-state index >= 15 is 0 Å². The highest BCUT2D eigenvalue weighted by Gasteiger charge is 2.35. The maximum absolute atomic E-state index is 6.60. The van der Waals surface area contributed by atoms with Gasteiger partial charge in [-0.3, -0.25) is 0 Å². The molecule has 0 N–H and O–H groups in total. The highest BCUT2D eigenvalue weighted by Crippen LogP contribution is 2.35. The topological polar surface area (TPSA) is 18.5 Å². The Kier molecular flexibility index (Phi) is 9.89. The third kappa shape index (κ3) is 10.3. The van der Waals surface area contributed by atoms with Gasteiger partial charge in [0.15, 0.2) is 0 Å². The van der Waals surface area contributed by atoms with Gasteiger partial charge in [-0.05, 0) is 64.2 Å². The summed E-state index contributed by atoms with van der Waals surface area (Å²) in [6.45, 7) is 27.2. The Hall–Kier alpha value is -0.0800. The molecule has 2 heteroatoms. The van der Waals surface area contributed by atoms with E-state index in [9.17, 15) is 0 Å². The third-order valence-corrected chi connectivity index (χ3v) is 5.29. The van der Waals surface area contributed by atoms with E-state index in [0.29, 0.717) is 12.2 Å². The lowest BCUT2D eigenvalue weighted by Gasteiger charge is -2.41. The second kappa shape index (κ2) is 9.92. The standard InChI is InChI=1S/C24H50O2/c1-13-15-19(21(3,4)5)25-23(9,10)17-18-24(11,12)26-20(16-14-2)22(6,7)8/h19-20H,13-18H2,1-12H3. The van der Waals surface area contributed by atoms with Crippen LogP contribution < -0.4 is 0 Å². The van der Waals surface area contributed by atoms with Crippen LogP contribution in [0.4, 0.5) is 0 Å². The van der Waals surface area contributed by atoms with Gasteiger partial charge in [0, 0.05) is 0 Å². The van der Waals surface area contributed by atoms with Crippen LogP contribution in [-0.2, 0) is 9.47 Å². The highest BCUT2D eigenvalue weighted by molar-refractivity contribution is 4.84. The van der Waals surface area contributed by atoms with Crippen molar-refractivity contribution in [3.05, 3.63) is 0 Å². The van der Waals surface area contributed by atoms with Crippen LogP contribution in [0.3, 0.4) is 0 Å². The quantitative estimate of drug-likeness (QED) is 0.369. The summed E-state index contributed by atoms with van der Waals surface area (Å²) in [7, 11) is 0. The van der Waals surface area contributed by atoms with Gasteiger partial charge >= 0.3 is 0 Å². The summed E-state index contributed by atoms with van der Waals surface area (Å²) < 4.78 is 13.2. The molecule has 0 saturated heterocycles. The van der Waals surface area contributed by atoms with Crippen molar-refractivity contribution in [1.82, 2.24) is 0 Å². The largest absolute Gasteiger partial charge is 0.372 e. The molecular formula is C24H50O2. The molecule has 0 fully saturated rings. The Morgan fingerprint density at radius 2 is 0.808 bits per heavy atom. The van der Waals surface area contributed by atoms with E-state index in [1.165, 1.54) is 0 Å². The molecule has 0 bridgehead atoms. The summed E-state index contributed by atoms with van der Waals surface area (Å²) in [6, 6.07) is 0. The van der Waals surface area contributed by atoms with Gasteiger partial charge in [0.2, 0.25) is 0 Å². The fraction of sp³-hybridized carbons (Fsp3) is 1.00. The van der Waals surface area contributed by atoms with Crippen molar-refractivity contribution in [3.63, 3.8) is 0 Å². The predicted octanol–water partition coefficient (Wildman–Crippen LogP) is 7.79. The summed E-state index contributed by atoms with van der Waals surface area (Å²) in [5.41, 5.74) is 0.0982. The van der Waals surface area contributed by atoms with Crippen LogP contribution in [0.1, 0.15) is 122 Å². The van der Waals surface area contributed by atoms with E-state index in [0.717, 1.165) is 38.5 Å². The Bertz CT molecular complexity index is 344. The zero-order valence-corrected chi connectivity index (χ0v) is 20.2. The van der Waals surface area contributed by atoms with Gasteiger partial charge in [-0.1, -0.05) is 68.2 Å². The lowest BCUT2D eigenvalue weighted by molar-refractivity contribution is -0.147. The molecule has 0 saturated carbocycles. The van der Waals surface area contributed by atoms with Crippen LogP contribution in [0.5, 0.6) is 0 Å². The SMILES string of the molecule is CCCC(OC(C)(C)CCC(C)(C)OC(CCC)C(C)(C)C)C(C)(C)C. The average molecular weight is 371 g/mol. The van der Waals surface area contributed by atoms with Gasteiger partial charge < -0.3 is 9.47 Å². The molecule has 0 aromatic heterocycles. The second-order valence-electron chi connectivity index (χ2n) is 11.5. The fourth-order valence-corrected chi connectivity index (χ4v) is 3.35. The number of hydrogen-bond donors (Lipinski definition) is 0.